The van der Waals surface area contributed by atoms with Gasteiger partial charge in [-0.15, -0.1) is 0 Å². The topological polar surface area (TPSA) is 93.5 Å². The summed E-state index contributed by atoms with van der Waals surface area (Å²) in [5.74, 6) is 0.152. The third kappa shape index (κ3) is 5.07. The second-order valence-electron chi connectivity index (χ2n) is 6.11. The van der Waals surface area contributed by atoms with Gasteiger partial charge in [-0.05, 0) is 48.9 Å². The quantitative estimate of drug-likeness (QED) is 0.461. The van der Waals surface area contributed by atoms with Crippen molar-refractivity contribution in [3.05, 3.63) is 88.5 Å². The minimum absolute atomic E-state index is 0.0803. The summed E-state index contributed by atoms with van der Waals surface area (Å²) in [7, 11) is 0. The van der Waals surface area contributed by atoms with Crippen LogP contribution in [0.4, 0.5) is 22.7 Å². The highest BCUT2D eigenvalue weighted by Gasteiger charge is 2.11. The maximum Gasteiger partial charge on any atom is 0.271 e. The molecule has 0 spiro atoms. The van der Waals surface area contributed by atoms with E-state index in [1.165, 1.54) is 12.1 Å². The van der Waals surface area contributed by atoms with Crippen molar-refractivity contribution in [2.75, 3.05) is 17.2 Å². The molecule has 0 aliphatic heterocycles. The molecule has 0 aromatic heterocycles. The molecule has 0 aliphatic rings. The molecule has 0 heterocycles. The number of hydrogen-bond donors (Lipinski definition) is 2. The van der Waals surface area contributed by atoms with Crippen LogP contribution in [0.25, 0.3) is 0 Å². The lowest BCUT2D eigenvalue weighted by molar-refractivity contribution is -0.384. The van der Waals surface area contributed by atoms with E-state index in [2.05, 4.69) is 10.6 Å². The van der Waals surface area contributed by atoms with Gasteiger partial charge in [0.1, 0.15) is 5.75 Å². The first-order chi connectivity index (χ1) is 13.5. The Morgan fingerprint density at radius 3 is 2.36 bits per heavy atom. The molecular weight excluding hydrogens is 358 g/mol. The molecule has 7 nitrogen and oxygen atoms in total. The number of nitrogens with zero attached hydrogens (tertiary/aromatic N) is 1. The predicted octanol–water partition coefficient (Wildman–Crippen LogP) is 4.66. The van der Waals surface area contributed by atoms with E-state index in [0.29, 0.717) is 11.4 Å². The van der Waals surface area contributed by atoms with E-state index in [-0.39, 0.29) is 12.3 Å². The highest BCUT2D eigenvalue weighted by Crippen LogP contribution is 2.22. The van der Waals surface area contributed by atoms with Crippen molar-refractivity contribution in [2.45, 2.75) is 6.92 Å². The fourth-order valence-electron chi connectivity index (χ4n) is 2.52. The lowest BCUT2D eigenvalue weighted by atomic mass is 10.2. The lowest BCUT2D eigenvalue weighted by Crippen LogP contribution is -2.20. The predicted molar refractivity (Wildman–Crippen MR) is 108 cm³/mol. The summed E-state index contributed by atoms with van der Waals surface area (Å²) in [6, 6.07) is 21.3. The molecule has 0 fully saturated rings. The maximum atomic E-state index is 12.1. The first kappa shape index (κ1) is 18.9. The van der Waals surface area contributed by atoms with Crippen molar-refractivity contribution in [3.8, 4) is 5.75 Å². The van der Waals surface area contributed by atoms with Gasteiger partial charge in [0.15, 0.2) is 6.61 Å². The van der Waals surface area contributed by atoms with E-state index in [9.17, 15) is 14.9 Å². The number of benzene rings is 3. The van der Waals surface area contributed by atoms with Gasteiger partial charge in [0.2, 0.25) is 0 Å². The number of carbonyl (C=O) groups excluding carboxylic acids is 1. The fourth-order valence-corrected chi connectivity index (χ4v) is 2.52. The molecule has 28 heavy (non-hydrogen) atoms. The summed E-state index contributed by atoms with van der Waals surface area (Å²) in [6.45, 7) is 1.56. The number of hydrogen-bond acceptors (Lipinski definition) is 5. The average Bonchev–Trinajstić information content (AvgIpc) is 2.70. The molecule has 7 heteroatoms. The number of aryl methyl sites for hydroxylation is 1. The van der Waals surface area contributed by atoms with E-state index in [0.717, 1.165) is 16.9 Å². The van der Waals surface area contributed by atoms with Crippen molar-refractivity contribution in [1.29, 1.82) is 0 Å². The van der Waals surface area contributed by atoms with Crippen molar-refractivity contribution < 1.29 is 14.5 Å². The number of amides is 1. The summed E-state index contributed by atoms with van der Waals surface area (Å²) >= 11 is 0. The first-order valence-corrected chi connectivity index (χ1v) is 8.61. The number of non-ortho nitro benzene ring substituents is 1. The largest absolute Gasteiger partial charge is 0.484 e. The summed E-state index contributed by atoms with van der Waals surface area (Å²) < 4.78 is 5.49. The number of nitro benzene ring substituents is 1. The van der Waals surface area contributed by atoms with Gasteiger partial charge < -0.3 is 15.4 Å². The molecule has 142 valence electrons. The average molecular weight is 377 g/mol. The number of anilines is 3. The molecule has 0 atom stereocenters. The second kappa shape index (κ2) is 8.68. The smallest absolute Gasteiger partial charge is 0.271 e. The summed E-state index contributed by atoms with van der Waals surface area (Å²) in [5, 5.41) is 16.8. The SMILES string of the molecule is Cc1ccc([N+](=O)[O-])cc1NC(=O)COc1ccc(Nc2ccccc2)cc1. The molecule has 2 N–H and O–H groups in total. The molecule has 3 aromatic rings. The zero-order chi connectivity index (χ0) is 19.9. The Morgan fingerprint density at radius 1 is 1.00 bits per heavy atom. The third-order valence-electron chi connectivity index (χ3n) is 3.99. The molecule has 0 saturated heterocycles. The van der Waals surface area contributed by atoms with Crippen LogP contribution in [0.2, 0.25) is 0 Å². The number of rotatable bonds is 7. The van der Waals surface area contributed by atoms with Gasteiger partial charge in [0.25, 0.3) is 11.6 Å². The van der Waals surface area contributed by atoms with Crippen LogP contribution < -0.4 is 15.4 Å². The fraction of sp³-hybridized carbons (Fsp3) is 0.0952. The van der Waals surface area contributed by atoms with Gasteiger partial charge >= 0.3 is 0 Å². The molecule has 1 amide bonds. The zero-order valence-electron chi connectivity index (χ0n) is 15.2. The van der Waals surface area contributed by atoms with E-state index < -0.39 is 10.8 Å². The van der Waals surface area contributed by atoms with Crippen LogP contribution in [0.5, 0.6) is 5.75 Å². The van der Waals surface area contributed by atoms with Crippen LogP contribution in [-0.2, 0) is 4.79 Å². The second-order valence-corrected chi connectivity index (χ2v) is 6.11. The Kier molecular flexibility index (Phi) is 5.86. The van der Waals surface area contributed by atoms with Crippen LogP contribution >= 0.6 is 0 Å². The maximum absolute atomic E-state index is 12.1. The standard InChI is InChI=1S/C21H19N3O4/c1-15-7-10-18(24(26)27)13-20(15)23-21(25)14-28-19-11-8-17(9-12-19)22-16-5-3-2-4-6-16/h2-13,22H,14H2,1H3,(H,23,25). The van der Waals surface area contributed by atoms with Crippen molar-refractivity contribution in [1.82, 2.24) is 0 Å². The number of nitrogens with one attached hydrogen (secondary N) is 2. The Morgan fingerprint density at radius 2 is 1.68 bits per heavy atom. The molecule has 0 aliphatic carbocycles. The van der Waals surface area contributed by atoms with Gasteiger partial charge in [-0.2, -0.15) is 0 Å². The van der Waals surface area contributed by atoms with Crippen LogP contribution in [0.3, 0.4) is 0 Å². The van der Waals surface area contributed by atoms with Crippen molar-refractivity contribution >= 4 is 28.7 Å². The van der Waals surface area contributed by atoms with Crippen LogP contribution in [0.15, 0.2) is 72.8 Å². The van der Waals surface area contributed by atoms with Gasteiger partial charge in [-0.25, -0.2) is 0 Å². The number of para-hydroxylation sites is 1. The van der Waals surface area contributed by atoms with Crippen LogP contribution in [0.1, 0.15) is 5.56 Å². The molecule has 3 aromatic carbocycles. The molecular formula is C21H19N3O4. The van der Waals surface area contributed by atoms with Gasteiger partial charge in [0.05, 0.1) is 10.6 Å². The molecule has 0 radical (unpaired) electrons. The number of ether oxygens (including phenoxy) is 1. The summed E-state index contributed by atoms with van der Waals surface area (Å²) in [5.41, 5.74) is 2.92. The monoisotopic (exact) mass is 377 g/mol. The van der Waals surface area contributed by atoms with E-state index in [1.54, 1.807) is 25.1 Å². The summed E-state index contributed by atoms with van der Waals surface area (Å²) in [6.07, 6.45) is 0. The third-order valence-corrected chi connectivity index (χ3v) is 3.99. The number of nitro groups is 1. The molecule has 0 saturated carbocycles. The number of carbonyl (C=O) groups is 1. The Hall–Kier alpha value is -3.87. The lowest BCUT2D eigenvalue weighted by Gasteiger charge is -2.10. The molecule has 0 unspecified atom stereocenters. The highest BCUT2D eigenvalue weighted by molar-refractivity contribution is 5.93. The first-order valence-electron chi connectivity index (χ1n) is 8.61. The highest BCUT2D eigenvalue weighted by atomic mass is 16.6. The van der Waals surface area contributed by atoms with E-state index in [1.807, 2.05) is 42.5 Å². The van der Waals surface area contributed by atoms with Crippen molar-refractivity contribution in [2.24, 2.45) is 0 Å². The zero-order valence-corrected chi connectivity index (χ0v) is 15.2. The van der Waals surface area contributed by atoms with Gasteiger partial charge in [-0.1, -0.05) is 24.3 Å². The molecule has 3 rings (SSSR count). The van der Waals surface area contributed by atoms with Crippen LogP contribution in [-0.4, -0.2) is 17.4 Å². The van der Waals surface area contributed by atoms with E-state index in [4.69, 9.17) is 4.74 Å². The Labute approximate surface area is 162 Å². The Balaban J connectivity index is 1.55. The van der Waals surface area contributed by atoms with Crippen LogP contribution in [0, 0.1) is 17.0 Å². The normalized spacial score (nSPS) is 10.2. The minimum Gasteiger partial charge on any atom is -0.484 e. The van der Waals surface area contributed by atoms with Gasteiger partial charge in [-0.3, -0.25) is 14.9 Å². The molecule has 0 bridgehead atoms. The van der Waals surface area contributed by atoms with Gasteiger partial charge in [0, 0.05) is 23.5 Å². The van der Waals surface area contributed by atoms with E-state index >= 15 is 0 Å². The summed E-state index contributed by atoms with van der Waals surface area (Å²) in [4.78, 5) is 22.5. The minimum atomic E-state index is -0.503. The Bertz CT molecular complexity index is 973. The van der Waals surface area contributed by atoms with Crippen molar-refractivity contribution in [3.63, 3.8) is 0 Å².